The van der Waals surface area contributed by atoms with Crippen molar-refractivity contribution in [1.82, 2.24) is 19.9 Å². The summed E-state index contributed by atoms with van der Waals surface area (Å²) in [6, 6.07) is 59.0. The average molecular weight is 761 g/mol. The highest BCUT2D eigenvalue weighted by atomic mass is 32.2. The minimum Gasteiger partial charge on any atom is -0.456 e. The Bertz CT molecular complexity index is 3190. The Balaban J connectivity index is 1.13. The van der Waals surface area contributed by atoms with E-state index in [1.807, 2.05) is 73.1 Å². The first kappa shape index (κ1) is 33.9. The van der Waals surface area contributed by atoms with E-state index >= 15 is 0 Å². The van der Waals surface area contributed by atoms with Crippen LogP contribution in [0.4, 0.5) is 0 Å². The second-order valence-electron chi connectivity index (χ2n) is 14.3. The molecule has 0 saturated carbocycles. The van der Waals surface area contributed by atoms with Gasteiger partial charge in [-0.1, -0.05) is 157 Å². The van der Waals surface area contributed by atoms with Gasteiger partial charge in [0, 0.05) is 49.6 Å². The lowest BCUT2D eigenvalue weighted by atomic mass is 9.93. The van der Waals surface area contributed by atoms with E-state index in [1.54, 1.807) is 11.8 Å². The van der Waals surface area contributed by atoms with Crippen LogP contribution < -0.4 is 0 Å². The lowest BCUT2D eigenvalue weighted by Crippen LogP contribution is -1.98. The van der Waals surface area contributed by atoms with E-state index in [9.17, 15) is 0 Å². The summed E-state index contributed by atoms with van der Waals surface area (Å²) in [6.45, 7) is 0. The summed E-state index contributed by atoms with van der Waals surface area (Å²) < 4.78 is 6.53. The lowest BCUT2D eigenvalue weighted by Gasteiger charge is -2.16. The molecule has 11 rings (SSSR count). The van der Waals surface area contributed by atoms with Crippen LogP contribution in [0.15, 0.2) is 196 Å². The number of nitrogens with zero attached hydrogens (tertiary/aromatic N) is 4. The average Bonchev–Trinajstić information content (AvgIpc) is 3.65. The van der Waals surface area contributed by atoms with Gasteiger partial charge in [0.2, 0.25) is 0 Å². The Hall–Kier alpha value is -7.41. The molecule has 1 aliphatic heterocycles. The van der Waals surface area contributed by atoms with Gasteiger partial charge in [-0.25, -0.2) is 19.9 Å². The maximum atomic E-state index is 6.53. The molecule has 4 heterocycles. The maximum absolute atomic E-state index is 6.53. The monoisotopic (exact) mass is 760 g/mol. The van der Waals surface area contributed by atoms with Crippen LogP contribution in [0.1, 0.15) is 11.1 Å². The predicted molar refractivity (Wildman–Crippen MR) is 237 cm³/mol. The van der Waals surface area contributed by atoms with E-state index in [0.29, 0.717) is 11.6 Å². The smallest absolute Gasteiger partial charge is 0.163 e. The van der Waals surface area contributed by atoms with E-state index in [1.165, 1.54) is 16.0 Å². The molecule has 6 heteroatoms. The maximum Gasteiger partial charge on any atom is 0.163 e. The number of benzene rings is 7. The summed E-state index contributed by atoms with van der Waals surface area (Å²) in [5.74, 6) is 1.21. The van der Waals surface area contributed by atoms with Crippen molar-refractivity contribution in [2.45, 2.75) is 9.79 Å². The first-order chi connectivity index (χ1) is 28.7. The standard InChI is InChI=1S/C52H32N4OS/c1-3-14-35(15-4-1)45-30-46(56-52(55-45)38-31-53-51(54-32-38)36-16-5-2-6-17-36)37-26-25-34-24-23-33-13-7-8-18-39(33)41-20-10-12-22-49(41)58-50-29-43-40-19-9-11-21-47(40)57-48(43)28-44(50)42(34)27-37/h1-32H/b24-23-. The molecule has 0 radical (unpaired) electrons. The summed E-state index contributed by atoms with van der Waals surface area (Å²) in [7, 11) is 0. The predicted octanol–water partition coefficient (Wildman–Crippen LogP) is 13.8. The molecule has 3 aromatic heterocycles. The second kappa shape index (κ2) is 14.3. The van der Waals surface area contributed by atoms with Gasteiger partial charge in [-0.15, -0.1) is 0 Å². The first-order valence-corrected chi connectivity index (χ1v) is 20.0. The number of rotatable bonds is 4. The van der Waals surface area contributed by atoms with Crippen molar-refractivity contribution in [1.29, 1.82) is 0 Å². The molecule has 0 unspecified atom stereocenters. The van der Waals surface area contributed by atoms with Crippen molar-refractivity contribution >= 4 is 45.9 Å². The molecule has 5 nitrogen and oxygen atoms in total. The van der Waals surface area contributed by atoms with Crippen LogP contribution in [0.5, 0.6) is 0 Å². The molecule has 0 amide bonds. The Labute approximate surface area is 339 Å². The van der Waals surface area contributed by atoms with Gasteiger partial charge in [-0.3, -0.25) is 0 Å². The van der Waals surface area contributed by atoms with Crippen molar-refractivity contribution in [3.05, 3.63) is 193 Å². The van der Waals surface area contributed by atoms with Crippen LogP contribution in [0.2, 0.25) is 0 Å². The first-order valence-electron chi connectivity index (χ1n) is 19.2. The molecule has 0 N–H and O–H groups in total. The summed E-state index contributed by atoms with van der Waals surface area (Å²) >= 11 is 1.79. The Morgan fingerprint density at radius 3 is 1.84 bits per heavy atom. The fourth-order valence-electron chi connectivity index (χ4n) is 7.77. The molecular formula is C52H32N4OS. The van der Waals surface area contributed by atoms with Crippen molar-refractivity contribution in [3.8, 4) is 67.5 Å². The van der Waals surface area contributed by atoms with Crippen molar-refractivity contribution < 1.29 is 4.42 Å². The van der Waals surface area contributed by atoms with Crippen LogP contribution in [-0.4, -0.2) is 19.9 Å². The van der Waals surface area contributed by atoms with Gasteiger partial charge in [-0.05, 0) is 69.8 Å². The summed E-state index contributed by atoms with van der Waals surface area (Å²) in [4.78, 5) is 22.0. The minimum absolute atomic E-state index is 0.556. The number of hydrogen-bond acceptors (Lipinski definition) is 6. The van der Waals surface area contributed by atoms with Crippen LogP contribution >= 0.6 is 11.8 Å². The number of fused-ring (bicyclic) bond motifs is 9. The zero-order chi connectivity index (χ0) is 38.4. The van der Waals surface area contributed by atoms with Gasteiger partial charge in [0.15, 0.2) is 11.6 Å². The summed E-state index contributed by atoms with van der Waals surface area (Å²) in [5, 5.41) is 2.20. The van der Waals surface area contributed by atoms with Crippen molar-refractivity contribution in [3.63, 3.8) is 0 Å². The molecule has 0 atom stereocenters. The minimum atomic E-state index is 0.556. The van der Waals surface area contributed by atoms with Gasteiger partial charge in [0.1, 0.15) is 11.2 Å². The van der Waals surface area contributed by atoms with E-state index in [-0.39, 0.29) is 0 Å². The van der Waals surface area contributed by atoms with E-state index in [0.717, 1.165) is 82.7 Å². The molecule has 0 bridgehead atoms. The third-order valence-electron chi connectivity index (χ3n) is 10.7. The molecular weight excluding hydrogens is 729 g/mol. The number of hydrogen-bond donors (Lipinski definition) is 0. The van der Waals surface area contributed by atoms with Crippen LogP contribution in [0.25, 0.3) is 102 Å². The highest BCUT2D eigenvalue weighted by Crippen LogP contribution is 2.47. The third kappa shape index (κ3) is 6.17. The molecule has 7 aromatic carbocycles. The van der Waals surface area contributed by atoms with Crippen LogP contribution in [0, 0.1) is 0 Å². The third-order valence-corrected chi connectivity index (χ3v) is 11.8. The molecule has 1 aliphatic rings. The number of furan rings is 1. The Morgan fingerprint density at radius 2 is 1.03 bits per heavy atom. The van der Waals surface area contributed by atoms with Crippen molar-refractivity contribution in [2.75, 3.05) is 0 Å². The van der Waals surface area contributed by atoms with Crippen molar-refractivity contribution in [2.24, 2.45) is 0 Å². The normalized spacial score (nSPS) is 12.6. The zero-order valence-corrected chi connectivity index (χ0v) is 31.9. The summed E-state index contributed by atoms with van der Waals surface area (Å²) in [5.41, 5.74) is 13.8. The molecule has 10 aromatic rings. The molecule has 0 fully saturated rings. The largest absolute Gasteiger partial charge is 0.456 e. The van der Waals surface area contributed by atoms with Crippen LogP contribution in [-0.2, 0) is 0 Å². The van der Waals surface area contributed by atoms with Gasteiger partial charge in [-0.2, -0.15) is 0 Å². The highest BCUT2D eigenvalue weighted by molar-refractivity contribution is 7.99. The number of para-hydroxylation sites is 1. The quantitative estimate of drug-likeness (QED) is 0.178. The van der Waals surface area contributed by atoms with Gasteiger partial charge in [0.25, 0.3) is 0 Å². The molecule has 0 spiro atoms. The number of aromatic nitrogens is 4. The Kier molecular flexibility index (Phi) is 8.34. The molecule has 0 aliphatic carbocycles. The van der Waals surface area contributed by atoms with E-state index in [2.05, 4.69) is 121 Å². The summed E-state index contributed by atoms with van der Waals surface area (Å²) in [6.07, 6.45) is 8.09. The van der Waals surface area contributed by atoms with E-state index < -0.39 is 0 Å². The molecule has 58 heavy (non-hydrogen) atoms. The zero-order valence-electron chi connectivity index (χ0n) is 31.1. The topological polar surface area (TPSA) is 64.7 Å². The van der Waals surface area contributed by atoms with Gasteiger partial charge >= 0.3 is 0 Å². The van der Waals surface area contributed by atoms with Gasteiger partial charge < -0.3 is 4.42 Å². The van der Waals surface area contributed by atoms with E-state index in [4.69, 9.17) is 24.4 Å². The molecule has 272 valence electrons. The fraction of sp³-hybridized carbons (Fsp3) is 0. The van der Waals surface area contributed by atoms with Gasteiger partial charge in [0.05, 0.1) is 17.0 Å². The highest BCUT2D eigenvalue weighted by Gasteiger charge is 2.20. The lowest BCUT2D eigenvalue weighted by molar-refractivity contribution is 0.669. The fourth-order valence-corrected chi connectivity index (χ4v) is 8.89. The molecule has 0 saturated heterocycles. The Morgan fingerprint density at radius 1 is 0.379 bits per heavy atom. The second-order valence-corrected chi connectivity index (χ2v) is 15.3. The SMILES string of the molecule is C1=C\c2ccc(-c3cc(-c4ccccc4)nc(-c4cnc(-c5ccccc5)nc4)n3)cc2-c2cc3oc4ccccc4c3cc2Sc2ccccc2-c2ccccc2/1. The van der Waals surface area contributed by atoms with Crippen LogP contribution in [0.3, 0.4) is 0 Å².